The number of carbonyl (C=O) groups excluding carboxylic acids is 1. The van der Waals surface area contributed by atoms with E-state index in [1.165, 1.54) is 0 Å². The third-order valence-corrected chi connectivity index (χ3v) is 4.79. The number of nitrogens with two attached hydrogens (primary N) is 1. The second-order valence-corrected chi connectivity index (χ2v) is 6.22. The van der Waals surface area contributed by atoms with Crippen molar-refractivity contribution in [3.8, 4) is 11.5 Å². The maximum Gasteiger partial charge on any atom is 0.231 e. The third kappa shape index (κ3) is 2.46. The van der Waals surface area contributed by atoms with Gasteiger partial charge in [-0.1, -0.05) is 12.5 Å². The van der Waals surface area contributed by atoms with Crippen molar-refractivity contribution in [2.45, 2.75) is 45.2 Å². The first-order valence-corrected chi connectivity index (χ1v) is 7.47. The van der Waals surface area contributed by atoms with Crippen molar-refractivity contribution in [1.82, 2.24) is 5.32 Å². The summed E-state index contributed by atoms with van der Waals surface area (Å²) in [5.41, 5.74) is 6.65. The van der Waals surface area contributed by atoms with Crippen LogP contribution in [0.3, 0.4) is 0 Å². The van der Waals surface area contributed by atoms with E-state index >= 15 is 0 Å². The van der Waals surface area contributed by atoms with Crippen LogP contribution in [-0.2, 0) is 4.79 Å². The molecule has 114 valence electrons. The number of carbonyl (C=O) groups is 1. The summed E-state index contributed by atoms with van der Waals surface area (Å²) in [6.45, 7) is 4.19. The van der Waals surface area contributed by atoms with Crippen LogP contribution < -0.4 is 20.5 Å². The molecule has 0 spiro atoms. The number of nitrogens with one attached hydrogen (secondary N) is 1. The normalized spacial score (nSPS) is 28.4. The zero-order valence-electron chi connectivity index (χ0n) is 12.5. The SMILES string of the molecule is CC(NC(=O)C1(C)CCCC1N)c1ccc2c(c1)OCO2. The van der Waals surface area contributed by atoms with Gasteiger partial charge in [-0.15, -0.1) is 0 Å². The van der Waals surface area contributed by atoms with Crippen LogP contribution >= 0.6 is 0 Å². The van der Waals surface area contributed by atoms with E-state index in [1.54, 1.807) is 0 Å². The molecule has 5 heteroatoms. The fraction of sp³-hybridized carbons (Fsp3) is 0.562. The molecule has 0 radical (unpaired) electrons. The fourth-order valence-electron chi connectivity index (χ4n) is 3.10. The van der Waals surface area contributed by atoms with E-state index in [4.69, 9.17) is 15.2 Å². The largest absolute Gasteiger partial charge is 0.454 e. The Morgan fingerprint density at radius 2 is 2.19 bits per heavy atom. The Labute approximate surface area is 124 Å². The third-order valence-electron chi connectivity index (χ3n) is 4.79. The highest BCUT2D eigenvalue weighted by atomic mass is 16.7. The number of hydrogen-bond donors (Lipinski definition) is 2. The predicted molar refractivity (Wildman–Crippen MR) is 79.1 cm³/mol. The van der Waals surface area contributed by atoms with Crippen LogP contribution in [0.2, 0.25) is 0 Å². The van der Waals surface area contributed by atoms with Crippen molar-refractivity contribution < 1.29 is 14.3 Å². The van der Waals surface area contributed by atoms with E-state index in [9.17, 15) is 4.79 Å². The molecule has 0 saturated heterocycles. The molecule has 21 heavy (non-hydrogen) atoms. The Bertz CT molecular complexity index is 560. The highest BCUT2D eigenvalue weighted by Gasteiger charge is 2.43. The van der Waals surface area contributed by atoms with Gasteiger partial charge in [0.05, 0.1) is 11.5 Å². The topological polar surface area (TPSA) is 73.6 Å². The maximum absolute atomic E-state index is 12.5. The summed E-state index contributed by atoms with van der Waals surface area (Å²) in [6, 6.07) is 5.61. The Morgan fingerprint density at radius 1 is 1.43 bits per heavy atom. The van der Waals surface area contributed by atoms with Gasteiger partial charge in [-0.2, -0.15) is 0 Å². The zero-order chi connectivity index (χ0) is 15.0. The molecule has 3 N–H and O–H groups in total. The zero-order valence-corrected chi connectivity index (χ0v) is 12.5. The summed E-state index contributed by atoms with van der Waals surface area (Å²) >= 11 is 0. The predicted octanol–water partition coefficient (Wildman–Crippen LogP) is 2.11. The minimum Gasteiger partial charge on any atom is -0.454 e. The summed E-state index contributed by atoms with van der Waals surface area (Å²) in [4.78, 5) is 12.5. The molecule has 1 aromatic rings. The van der Waals surface area contributed by atoms with E-state index in [0.29, 0.717) is 0 Å². The van der Waals surface area contributed by atoms with Crippen LogP contribution in [0.4, 0.5) is 0 Å². The minimum absolute atomic E-state index is 0.0395. The summed E-state index contributed by atoms with van der Waals surface area (Å²) in [6.07, 6.45) is 2.79. The number of fused-ring (bicyclic) bond motifs is 1. The number of benzene rings is 1. The lowest BCUT2D eigenvalue weighted by Gasteiger charge is -2.29. The molecule has 3 rings (SSSR count). The Kier molecular flexibility index (Phi) is 3.53. The monoisotopic (exact) mass is 290 g/mol. The average Bonchev–Trinajstić information content (AvgIpc) is 3.06. The van der Waals surface area contributed by atoms with Gasteiger partial charge >= 0.3 is 0 Å². The molecule has 1 aliphatic heterocycles. The van der Waals surface area contributed by atoms with Crippen molar-refractivity contribution in [2.75, 3.05) is 6.79 Å². The van der Waals surface area contributed by atoms with Crippen LogP contribution in [0.15, 0.2) is 18.2 Å². The first-order chi connectivity index (χ1) is 10.0. The van der Waals surface area contributed by atoms with E-state index in [0.717, 1.165) is 36.3 Å². The summed E-state index contributed by atoms with van der Waals surface area (Å²) in [5, 5.41) is 3.08. The molecule has 0 aromatic heterocycles. The number of rotatable bonds is 3. The Hall–Kier alpha value is -1.75. The Morgan fingerprint density at radius 3 is 2.90 bits per heavy atom. The molecule has 0 bridgehead atoms. The van der Waals surface area contributed by atoms with Crippen LogP contribution in [-0.4, -0.2) is 18.7 Å². The number of ether oxygens (including phenoxy) is 2. The average molecular weight is 290 g/mol. The van der Waals surface area contributed by atoms with E-state index in [1.807, 2.05) is 32.0 Å². The first-order valence-electron chi connectivity index (χ1n) is 7.47. The minimum atomic E-state index is -0.454. The van der Waals surface area contributed by atoms with Gasteiger partial charge in [0.2, 0.25) is 12.7 Å². The van der Waals surface area contributed by atoms with Crippen molar-refractivity contribution >= 4 is 5.91 Å². The van der Waals surface area contributed by atoms with E-state index in [-0.39, 0.29) is 24.8 Å². The van der Waals surface area contributed by atoms with E-state index < -0.39 is 5.41 Å². The van der Waals surface area contributed by atoms with Crippen molar-refractivity contribution in [1.29, 1.82) is 0 Å². The van der Waals surface area contributed by atoms with Crippen molar-refractivity contribution in [3.63, 3.8) is 0 Å². The molecule has 1 amide bonds. The molecule has 1 aromatic carbocycles. The van der Waals surface area contributed by atoms with Crippen LogP contribution in [0, 0.1) is 5.41 Å². The highest BCUT2D eigenvalue weighted by molar-refractivity contribution is 5.83. The number of amides is 1. The molecule has 2 aliphatic rings. The number of hydrogen-bond acceptors (Lipinski definition) is 4. The van der Waals surface area contributed by atoms with Gasteiger partial charge in [0.25, 0.3) is 0 Å². The summed E-state index contributed by atoms with van der Waals surface area (Å²) in [5.74, 6) is 1.53. The molecule has 3 atom stereocenters. The van der Waals surface area contributed by atoms with Gasteiger partial charge in [-0.3, -0.25) is 4.79 Å². The molecule has 1 heterocycles. The lowest BCUT2D eigenvalue weighted by Crippen LogP contribution is -2.47. The molecular formula is C16H22N2O3. The van der Waals surface area contributed by atoms with Gasteiger partial charge in [0, 0.05) is 6.04 Å². The standard InChI is InChI=1S/C16H22N2O3/c1-10(11-5-6-12-13(8-11)21-9-20-12)18-15(19)16(2)7-3-4-14(16)17/h5-6,8,10,14H,3-4,7,9,17H2,1-2H3,(H,18,19). The van der Waals surface area contributed by atoms with Gasteiger partial charge in [0.1, 0.15) is 0 Å². The molecule has 5 nitrogen and oxygen atoms in total. The summed E-state index contributed by atoms with van der Waals surface area (Å²) in [7, 11) is 0. The van der Waals surface area contributed by atoms with Gasteiger partial charge in [-0.05, 0) is 44.4 Å². The van der Waals surface area contributed by atoms with E-state index in [2.05, 4.69) is 5.32 Å². The highest BCUT2D eigenvalue weighted by Crippen LogP contribution is 2.38. The lowest BCUT2D eigenvalue weighted by atomic mass is 9.84. The van der Waals surface area contributed by atoms with Gasteiger partial charge in [-0.25, -0.2) is 0 Å². The first kappa shape index (κ1) is 14.2. The van der Waals surface area contributed by atoms with Gasteiger partial charge in [0.15, 0.2) is 11.5 Å². The lowest BCUT2D eigenvalue weighted by molar-refractivity contribution is -0.131. The quantitative estimate of drug-likeness (QED) is 0.894. The van der Waals surface area contributed by atoms with Crippen LogP contribution in [0.1, 0.15) is 44.7 Å². The molecule has 1 saturated carbocycles. The van der Waals surface area contributed by atoms with Gasteiger partial charge < -0.3 is 20.5 Å². The van der Waals surface area contributed by atoms with Crippen LogP contribution in [0.25, 0.3) is 0 Å². The molecule has 1 aliphatic carbocycles. The van der Waals surface area contributed by atoms with Crippen molar-refractivity contribution in [3.05, 3.63) is 23.8 Å². The summed E-state index contributed by atoms with van der Waals surface area (Å²) < 4.78 is 10.7. The maximum atomic E-state index is 12.5. The molecular weight excluding hydrogens is 268 g/mol. The fourth-order valence-corrected chi connectivity index (χ4v) is 3.10. The Balaban J connectivity index is 1.71. The second kappa shape index (κ2) is 5.22. The smallest absolute Gasteiger partial charge is 0.231 e. The molecule has 3 unspecified atom stereocenters. The van der Waals surface area contributed by atoms with Crippen LogP contribution in [0.5, 0.6) is 11.5 Å². The second-order valence-electron chi connectivity index (χ2n) is 6.22. The molecule has 1 fully saturated rings. The van der Waals surface area contributed by atoms with Crippen molar-refractivity contribution in [2.24, 2.45) is 11.1 Å².